The fourth-order valence-corrected chi connectivity index (χ4v) is 6.80. The van der Waals surface area contributed by atoms with E-state index in [1.165, 1.54) is 43.4 Å². The Balaban J connectivity index is 1.28. The van der Waals surface area contributed by atoms with Crippen LogP contribution in [0.3, 0.4) is 0 Å². The maximum Gasteiger partial charge on any atom is 0.220 e. The normalized spacial score (nSPS) is 34.8. The van der Waals surface area contributed by atoms with Crippen LogP contribution in [0, 0.1) is 37.0 Å². The third-order valence-corrected chi connectivity index (χ3v) is 7.57. The molecule has 1 N–H and O–H groups in total. The van der Waals surface area contributed by atoms with Gasteiger partial charge in [-0.05, 0) is 75.5 Å². The summed E-state index contributed by atoms with van der Waals surface area (Å²) in [5.74, 6) is 3.05. The SMILES string of the molecule is Cc1nc(CCNC(=O)CC23CC4CC(CC(C4)C2)C3)sc1C. The Morgan fingerprint density at radius 1 is 1.17 bits per heavy atom. The molecule has 0 atom stereocenters. The van der Waals surface area contributed by atoms with E-state index in [-0.39, 0.29) is 5.91 Å². The molecule has 4 aliphatic rings. The number of nitrogens with one attached hydrogen (secondary N) is 1. The van der Waals surface area contributed by atoms with Gasteiger partial charge in [-0.2, -0.15) is 0 Å². The van der Waals surface area contributed by atoms with Gasteiger partial charge < -0.3 is 5.32 Å². The van der Waals surface area contributed by atoms with Crippen LogP contribution in [-0.4, -0.2) is 17.4 Å². The summed E-state index contributed by atoms with van der Waals surface area (Å²) in [5.41, 5.74) is 1.48. The standard InChI is InChI=1S/C19H28N2OS/c1-12-13(2)23-18(21-12)3-4-20-17(22)11-19-8-14-5-15(9-19)7-16(6-14)10-19/h14-16H,3-11H2,1-2H3,(H,20,22). The first-order valence-corrected chi connectivity index (χ1v) is 10.0. The van der Waals surface area contributed by atoms with E-state index in [0.29, 0.717) is 5.41 Å². The van der Waals surface area contributed by atoms with Crippen LogP contribution in [0.1, 0.15) is 60.5 Å². The van der Waals surface area contributed by atoms with Crippen molar-refractivity contribution in [3.63, 3.8) is 0 Å². The molecule has 126 valence electrons. The van der Waals surface area contributed by atoms with E-state index in [9.17, 15) is 4.79 Å². The molecule has 4 saturated carbocycles. The van der Waals surface area contributed by atoms with E-state index < -0.39 is 0 Å². The number of aromatic nitrogens is 1. The summed E-state index contributed by atoms with van der Waals surface area (Å²) in [6, 6.07) is 0. The molecule has 4 bridgehead atoms. The highest BCUT2D eigenvalue weighted by atomic mass is 32.1. The number of carbonyl (C=O) groups excluding carboxylic acids is 1. The van der Waals surface area contributed by atoms with Crippen LogP contribution >= 0.6 is 11.3 Å². The summed E-state index contributed by atoms with van der Waals surface area (Å²) in [4.78, 5) is 18.3. The zero-order chi connectivity index (χ0) is 16.0. The van der Waals surface area contributed by atoms with Crippen molar-refractivity contribution in [1.82, 2.24) is 10.3 Å². The molecule has 0 aromatic carbocycles. The molecule has 5 rings (SSSR count). The number of rotatable bonds is 5. The van der Waals surface area contributed by atoms with E-state index in [4.69, 9.17) is 0 Å². The Morgan fingerprint density at radius 3 is 2.30 bits per heavy atom. The minimum atomic E-state index is 0.275. The molecule has 3 nitrogen and oxygen atoms in total. The Kier molecular flexibility index (Phi) is 3.99. The van der Waals surface area contributed by atoms with Crippen LogP contribution in [0.15, 0.2) is 0 Å². The first kappa shape index (κ1) is 15.6. The highest BCUT2D eigenvalue weighted by molar-refractivity contribution is 7.11. The first-order valence-electron chi connectivity index (χ1n) is 9.21. The number of hydrogen-bond donors (Lipinski definition) is 1. The van der Waals surface area contributed by atoms with Crippen molar-refractivity contribution in [3.05, 3.63) is 15.6 Å². The van der Waals surface area contributed by atoms with Crippen LogP contribution in [0.4, 0.5) is 0 Å². The first-order chi connectivity index (χ1) is 11.0. The minimum Gasteiger partial charge on any atom is -0.356 e. The number of carbonyl (C=O) groups is 1. The molecule has 0 saturated heterocycles. The highest BCUT2D eigenvalue weighted by Crippen LogP contribution is 2.61. The summed E-state index contributed by atoms with van der Waals surface area (Å²) < 4.78 is 0. The Hall–Kier alpha value is -0.900. The van der Waals surface area contributed by atoms with Crippen molar-refractivity contribution in [2.45, 2.75) is 65.2 Å². The van der Waals surface area contributed by atoms with Crippen LogP contribution in [0.2, 0.25) is 0 Å². The number of thiazole rings is 1. The van der Waals surface area contributed by atoms with Crippen molar-refractivity contribution in [2.75, 3.05) is 6.54 Å². The molecule has 1 aromatic rings. The van der Waals surface area contributed by atoms with E-state index in [1.807, 2.05) is 0 Å². The summed E-state index contributed by atoms with van der Waals surface area (Å²) in [7, 11) is 0. The molecule has 1 aromatic heterocycles. The second-order valence-electron chi connectivity index (χ2n) is 8.44. The van der Waals surface area contributed by atoms with Gasteiger partial charge >= 0.3 is 0 Å². The smallest absolute Gasteiger partial charge is 0.220 e. The van der Waals surface area contributed by atoms with E-state index >= 15 is 0 Å². The molecule has 0 spiro atoms. The lowest BCUT2D eigenvalue weighted by atomic mass is 9.49. The second-order valence-corrected chi connectivity index (χ2v) is 9.73. The molecule has 4 heteroatoms. The predicted molar refractivity (Wildman–Crippen MR) is 93.5 cm³/mol. The lowest BCUT2D eigenvalue weighted by Gasteiger charge is -2.56. The van der Waals surface area contributed by atoms with Gasteiger partial charge in [-0.15, -0.1) is 11.3 Å². The van der Waals surface area contributed by atoms with E-state index in [1.54, 1.807) is 11.3 Å². The molecule has 0 radical (unpaired) electrons. The van der Waals surface area contributed by atoms with Gasteiger partial charge in [0, 0.05) is 24.3 Å². The summed E-state index contributed by atoms with van der Waals surface area (Å²) in [5, 5.41) is 4.31. The number of nitrogens with zero attached hydrogens (tertiary/aromatic N) is 1. The number of amides is 1. The third kappa shape index (κ3) is 3.19. The van der Waals surface area contributed by atoms with Gasteiger partial charge in [0.1, 0.15) is 0 Å². The lowest BCUT2D eigenvalue weighted by molar-refractivity contribution is -0.129. The van der Waals surface area contributed by atoms with Crippen molar-refractivity contribution in [2.24, 2.45) is 23.2 Å². The predicted octanol–water partition coefficient (Wildman–Crippen LogP) is 4.03. The molecule has 0 aliphatic heterocycles. The van der Waals surface area contributed by atoms with Gasteiger partial charge in [0.15, 0.2) is 0 Å². The zero-order valence-corrected chi connectivity index (χ0v) is 15.2. The summed E-state index contributed by atoms with van der Waals surface area (Å²) in [6.45, 7) is 4.90. The van der Waals surface area contributed by atoms with Crippen LogP contribution in [0.5, 0.6) is 0 Å². The molecule has 1 amide bonds. The Bertz CT molecular complexity index is 552. The van der Waals surface area contributed by atoms with Crippen molar-refractivity contribution < 1.29 is 4.79 Å². The van der Waals surface area contributed by atoms with Gasteiger partial charge in [-0.1, -0.05) is 0 Å². The van der Waals surface area contributed by atoms with E-state index in [0.717, 1.165) is 47.8 Å². The molecule has 23 heavy (non-hydrogen) atoms. The highest BCUT2D eigenvalue weighted by Gasteiger charge is 2.51. The molecule has 0 unspecified atom stereocenters. The summed E-state index contributed by atoms with van der Waals surface area (Å²) >= 11 is 1.76. The molecular weight excluding hydrogens is 304 g/mol. The second kappa shape index (κ2) is 5.87. The Labute approximate surface area is 143 Å². The Morgan fingerprint density at radius 2 is 1.78 bits per heavy atom. The van der Waals surface area contributed by atoms with Crippen molar-refractivity contribution in [3.8, 4) is 0 Å². The molecule has 4 fully saturated rings. The van der Waals surface area contributed by atoms with Crippen molar-refractivity contribution >= 4 is 17.2 Å². The summed E-state index contributed by atoms with van der Waals surface area (Å²) in [6.07, 6.45) is 9.93. The maximum atomic E-state index is 12.5. The fourth-order valence-electron chi connectivity index (χ4n) is 5.86. The molecular formula is C19H28N2OS. The van der Waals surface area contributed by atoms with E-state index in [2.05, 4.69) is 24.1 Å². The fraction of sp³-hybridized carbons (Fsp3) is 0.789. The quantitative estimate of drug-likeness (QED) is 0.884. The van der Waals surface area contributed by atoms with Gasteiger partial charge in [0.05, 0.1) is 10.7 Å². The van der Waals surface area contributed by atoms with Gasteiger partial charge in [-0.3, -0.25) is 4.79 Å². The average molecular weight is 333 g/mol. The van der Waals surface area contributed by atoms with Crippen molar-refractivity contribution in [1.29, 1.82) is 0 Å². The monoisotopic (exact) mass is 332 g/mol. The zero-order valence-electron chi connectivity index (χ0n) is 14.4. The molecule has 1 heterocycles. The minimum absolute atomic E-state index is 0.275. The maximum absolute atomic E-state index is 12.5. The van der Waals surface area contributed by atoms with Gasteiger partial charge in [-0.25, -0.2) is 4.98 Å². The topological polar surface area (TPSA) is 42.0 Å². The van der Waals surface area contributed by atoms with Crippen LogP contribution in [-0.2, 0) is 11.2 Å². The largest absolute Gasteiger partial charge is 0.356 e. The van der Waals surface area contributed by atoms with Gasteiger partial charge in [0.2, 0.25) is 5.91 Å². The van der Waals surface area contributed by atoms with Gasteiger partial charge in [0.25, 0.3) is 0 Å². The van der Waals surface area contributed by atoms with Crippen LogP contribution < -0.4 is 5.32 Å². The average Bonchev–Trinajstić information content (AvgIpc) is 2.75. The number of aryl methyl sites for hydroxylation is 2. The molecule has 4 aliphatic carbocycles. The third-order valence-electron chi connectivity index (χ3n) is 6.43. The van der Waals surface area contributed by atoms with Crippen LogP contribution in [0.25, 0.3) is 0 Å². The lowest BCUT2D eigenvalue weighted by Crippen LogP contribution is -2.48. The number of hydrogen-bond acceptors (Lipinski definition) is 3.